The zero-order valence-corrected chi connectivity index (χ0v) is 8.78. The summed E-state index contributed by atoms with van der Waals surface area (Å²) in [7, 11) is 0. The molecule has 0 bridgehead atoms. The van der Waals surface area contributed by atoms with Crippen LogP contribution in [0, 0.1) is 0 Å². The van der Waals surface area contributed by atoms with E-state index < -0.39 is 6.04 Å². The Balaban J connectivity index is 3.77. The van der Waals surface area contributed by atoms with Crippen molar-refractivity contribution in [1.29, 1.82) is 0 Å². The highest BCUT2D eigenvalue weighted by Crippen LogP contribution is 2.00. The summed E-state index contributed by atoms with van der Waals surface area (Å²) in [5, 5.41) is 2.88. The van der Waals surface area contributed by atoms with Gasteiger partial charge in [0.1, 0.15) is 0 Å². The molecule has 0 rings (SSSR count). The summed E-state index contributed by atoms with van der Waals surface area (Å²) in [6.07, 6.45) is 2.99. The second-order valence-electron chi connectivity index (χ2n) is 2.86. The first-order valence-electron chi connectivity index (χ1n) is 4.16. The van der Waals surface area contributed by atoms with Crippen LogP contribution in [-0.4, -0.2) is 30.0 Å². The van der Waals surface area contributed by atoms with Gasteiger partial charge in [0, 0.05) is 11.8 Å². The number of amides is 1. The monoisotopic (exact) mass is 190 g/mol. The highest BCUT2D eigenvalue weighted by atomic mass is 32.2. The van der Waals surface area contributed by atoms with Gasteiger partial charge in [0.2, 0.25) is 5.91 Å². The lowest BCUT2D eigenvalue weighted by Crippen LogP contribution is -2.44. The third-order valence-corrected chi connectivity index (χ3v) is 2.36. The van der Waals surface area contributed by atoms with Crippen molar-refractivity contribution in [3.63, 3.8) is 0 Å². The van der Waals surface area contributed by atoms with Crippen molar-refractivity contribution in [2.45, 2.75) is 32.4 Å². The van der Waals surface area contributed by atoms with Crippen LogP contribution in [0.1, 0.15) is 20.3 Å². The van der Waals surface area contributed by atoms with E-state index in [1.54, 1.807) is 18.7 Å². The number of nitrogens with one attached hydrogen (secondary N) is 1. The summed E-state index contributed by atoms with van der Waals surface area (Å²) in [5.74, 6) is 0.894. The minimum atomic E-state index is -0.402. The van der Waals surface area contributed by atoms with E-state index >= 15 is 0 Å². The maximum absolute atomic E-state index is 11.1. The van der Waals surface area contributed by atoms with Gasteiger partial charge in [-0.15, -0.1) is 0 Å². The molecule has 3 N–H and O–H groups in total. The largest absolute Gasteiger partial charge is 0.351 e. The summed E-state index contributed by atoms with van der Waals surface area (Å²) in [5.41, 5.74) is 5.42. The molecule has 0 spiro atoms. The number of thioether (sulfide) groups is 1. The van der Waals surface area contributed by atoms with Crippen molar-refractivity contribution in [3.05, 3.63) is 0 Å². The third kappa shape index (κ3) is 4.62. The van der Waals surface area contributed by atoms with E-state index in [0.29, 0.717) is 0 Å². The van der Waals surface area contributed by atoms with Crippen molar-refractivity contribution >= 4 is 17.7 Å². The van der Waals surface area contributed by atoms with Gasteiger partial charge in [-0.3, -0.25) is 4.79 Å². The lowest BCUT2D eigenvalue weighted by Gasteiger charge is -2.16. The molecular weight excluding hydrogens is 172 g/mol. The normalized spacial score (nSPS) is 15.3. The minimum absolute atomic E-state index is 0.0594. The van der Waals surface area contributed by atoms with Gasteiger partial charge in [0.25, 0.3) is 0 Å². The lowest BCUT2D eigenvalue weighted by molar-refractivity contribution is -0.122. The Bertz CT molecular complexity index is 139. The Morgan fingerprint density at radius 1 is 1.67 bits per heavy atom. The lowest BCUT2D eigenvalue weighted by atomic mass is 10.2. The highest BCUT2D eigenvalue weighted by Gasteiger charge is 2.12. The second kappa shape index (κ2) is 6.31. The molecule has 0 aliphatic rings. The summed E-state index contributed by atoms with van der Waals surface area (Å²) in [6.45, 7) is 3.75. The van der Waals surface area contributed by atoms with Crippen molar-refractivity contribution in [2.75, 3.05) is 12.0 Å². The Labute approximate surface area is 78.5 Å². The fraction of sp³-hybridized carbons (Fsp3) is 0.875. The standard InChI is InChI=1S/C8H18N2OS/c1-4-7(5-12-3)10-8(11)6(2)9/h6-7H,4-5,9H2,1-3H3,(H,10,11)/t6-,7?/m1/s1. The average molecular weight is 190 g/mol. The smallest absolute Gasteiger partial charge is 0.236 e. The number of nitrogens with two attached hydrogens (primary N) is 1. The van der Waals surface area contributed by atoms with Gasteiger partial charge in [-0.05, 0) is 19.6 Å². The van der Waals surface area contributed by atoms with Crippen LogP contribution in [0.15, 0.2) is 0 Å². The first-order valence-corrected chi connectivity index (χ1v) is 5.56. The quantitative estimate of drug-likeness (QED) is 0.667. The van der Waals surface area contributed by atoms with Gasteiger partial charge >= 0.3 is 0 Å². The molecule has 0 aliphatic heterocycles. The zero-order valence-electron chi connectivity index (χ0n) is 7.96. The highest BCUT2D eigenvalue weighted by molar-refractivity contribution is 7.98. The zero-order chi connectivity index (χ0) is 9.56. The summed E-state index contributed by atoms with van der Waals surface area (Å²) in [4.78, 5) is 11.1. The van der Waals surface area contributed by atoms with E-state index in [2.05, 4.69) is 12.2 Å². The fourth-order valence-corrected chi connectivity index (χ4v) is 1.52. The fourth-order valence-electron chi connectivity index (χ4n) is 0.795. The van der Waals surface area contributed by atoms with Crippen LogP contribution in [0.2, 0.25) is 0 Å². The molecule has 0 radical (unpaired) electrons. The first kappa shape index (κ1) is 11.8. The van der Waals surface area contributed by atoms with Gasteiger partial charge in [-0.25, -0.2) is 0 Å². The van der Waals surface area contributed by atoms with Crippen LogP contribution in [0.3, 0.4) is 0 Å². The Kier molecular flexibility index (Phi) is 6.20. The number of hydrogen-bond acceptors (Lipinski definition) is 3. The third-order valence-electron chi connectivity index (χ3n) is 1.62. The van der Waals surface area contributed by atoms with Crippen molar-refractivity contribution < 1.29 is 4.79 Å². The van der Waals surface area contributed by atoms with Crippen LogP contribution >= 0.6 is 11.8 Å². The molecule has 0 aromatic heterocycles. The number of hydrogen-bond donors (Lipinski definition) is 2. The van der Waals surface area contributed by atoms with Gasteiger partial charge in [0.15, 0.2) is 0 Å². The Morgan fingerprint density at radius 2 is 2.25 bits per heavy atom. The Morgan fingerprint density at radius 3 is 2.58 bits per heavy atom. The van der Waals surface area contributed by atoms with Crippen LogP contribution in [-0.2, 0) is 4.79 Å². The van der Waals surface area contributed by atoms with Gasteiger partial charge in [-0.2, -0.15) is 11.8 Å². The summed E-state index contributed by atoms with van der Waals surface area (Å²) in [6, 6.07) is -0.139. The minimum Gasteiger partial charge on any atom is -0.351 e. The van der Waals surface area contributed by atoms with Crippen molar-refractivity contribution in [2.24, 2.45) is 5.73 Å². The predicted octanol–water partition coefficient (Wildman–Crippen LogP) is 0.591. The average Bonchev–Trinajstić information content (AvgIpc) is 2.03. The molecular formula is C8H18N2OS. The maximum Gasteiger partial charge on any atom is 0.236 e. The van der Waals surface area contributed by atoms with E-state index in [4.69, 9.17) is 5.73 Å². The molecule has 1 amide bonds. The van der Waals surface area contributed by atoms with Crippen molar-refractivity contribution in [3.8, 4) is 0 Å². The second-order valence-corrected chi connectivity index (χ2v) is 3.77. The Hall–Kier alpha value is -0.220. The first-order chi connectivity index (χ1) is 5.61. The topological polar surface area (TPSA) is 55.1 Å². The molecule has 0 aromatic carbocycles. The number of rotatable bonds is 5. The van der Waals surface area contributed by atoms with E-state index in [1.807, 2.05) is 6.26 Å². The molecule has 0 aliphatic carbocycles. The molecule has 3 nitrogen and oxygen atoms in total. The molecule has 2 atom stereocenters. The molecule has 4 heteroatoms. The molecule has 72 valence electrons. The van der Waals surface area contributed by atoms with Crippen LogP contribution in [0.4, 0.5) is 0 Å². The van der Waals surface area contributed by atoms with Crippen LogP contribution in [0.5, 0.6) is 0 Å². The van der Waals surface area contributed by atoms with Gasteiger partial charge < -0.3 is 11.1 Å². The van der Waals surface area contributed by atoms with E-state index in [-0.39, 0.29) is 11.9 Å². The molecule has 12 heavy (non-hydrogen) atoms. The van der Waals surface area contributed by atoms with E-state index in [9.17, 15) is 4.79 Å². The predicted molar refractivity (Wildman–Crippen MR) is 54.3 cm³/mol. The van der Waals surface area contributed by atoms with Gasteiger partial charge in [0.05, 0.1) is 6.04 Å². The van der Waals surface area contributed by atoms with Crippen LogP contribution < -0.4 is 11.1 Å². The molecule has 0 saturated carbocycles. The molecule has 1 unspecified atom stereocenters. The van der Waals surface area contributed by atoms with Crippen LogP contribution in [0.25, 0.3) is 0 Å². The molecule has 0 fully saturated rings. The van der Waals surface area contributed by atoms with E-state index in [0.717, 1.165) is 12.2 Å². The maximum atomic E-state index is 11.1. The van der Waals surface area contributed by atoms with E-state index in [1.165, 1.54) is 0 Å². The molecule has 0 heterocycles. The SMILES string of the molecule is CCC(CSC)NC(=O)[C@@H](C)N. The number of carbonyl (C=O) groups excluding carboxylic acids is 1. The number of carbonyl (C=O) groups is 1. The van der Waals surface area contributed by atoms with Crippen molar-refractivity contribution in [1.82, 2.24) is 5.32 Å². The summed E-state index contributed by atoms with van der Waals surface area (Å²) < 4.78 is 0. The summed E-state index contributed by atoms with van der Waals surface area (Å²) >= 11 is 1.73. The molecule has 0 saturated heterocycles. The molecule has 0 aromatic rings. The van der Waals surface area contributed by atoms with Gasteiger partial charge in [-0.1, -0.05) is 6.92 Å².